The van der Waals surface area contributed by atoms with Crippen LogP contribution in [0.2, 0.25) is 0 Å². The maximum absolute atomic E-state index is 5.90. The summed E-state index contributed by atoms with van der Waals surface area (Å²) in [5, 5.41) is 39.9. The van der Waals surface area contributed by atoms with Gasteiger partial charge in [0.2, 0.25) is 0 Å². The third-order valence-corrected chi connectivity index (χ3v) is 6.15. The van der Waals surface area contributed by atoms with E-state index in [0.717, 1.165) is 0 Å². The van der Waals surface area contributed by atoms with E-state index in [9.17, 15) is 0 Å². The minimum atomic E-state index is 0.456. The zero-order chi connectivity index (χ0) is 22.5. The van der Waals surface area contributed by atoms with Crippen molar-refractivity contribution in [2.45, 2.75) is 0 Å². The van der Waals surface area contributed by atoms with Crippen molar-refractivity contribution in [1.82, 2.24) is 55.1 Å². The number of H-pyrrole nitrogens is 2. The first-order valence-corrected chi connectivity index (χ1v) is 11.2. The van der Waals surface area contributed by atoms with Crippen molar-refractivity contribution in [3.8, 4) is 45.0 Å². The number of nitrogens with zero attached hydrogens (tertiary/aromatic N) is 10. The third-order valence-electron chi connectivity index (χ3n) is 5.14. The molecule has 0 unspecified atom stereocenters. The van der Waals surface area contributed by atoms with Gasteiger partial charge in [0.25, 0.3) is 0 Å². The van der Waals surface area contributed by atoms with Crippen LogP contribution in [0.15, 0.2) is 40.0 Å². The smallest absolute Gasteiger partial charge is 0.156 e. The Morgan fingerprint density at radius 3 is 2.29 bits per heavy atom. The second-order valence-electron chi connectivity index (χ2n) is 6.88. The number of fused-ring (bicyclic) bond motifs is 1. The molecule has 17 heteroatoms. The van der Waals surface area contributed by atoms with Gasteiger partial charge >= 0.3 is 0 Å². The van der Waals surface area contributed by atoms with E-state index in [-0.39, 0.29) is 0 Å². The fraction of sp³-hybridized carbons (Fsp3) is 0. The molecule has 34 heavy (non-hydrogen) atoms. The van der Waals surface area contributed by atoms with Gasteiger partial charge in [0, 0.05) is 39.1 Å². The first-order chi connectivity index (χ1) is 16.9. The Morgan fingerprint density at radius 2 is 1.68 bits per heavy atom. The van der Waals surface area contributed by atoms with E-state index in [1.807, 2.05) is 10.8 Å². The molecule has 0 saturated heterocycles. The van der Waals surface area contributed by atoms with Crippen molar-refractivity contribution in [1.29, 1.82) is 0 Å². The summed E-state index contributed by atoms with van der Waals surface area (Å²) in [4.78, 5) is 5.90. The summed E-state index contributed by atoms with van der Waals surface area (Å²) in [6.45, 7) is 0. The molecule has 0 aliphatic carbocycles. The predicted molar refractivity (Wildman–Crippen MR) is 118 cm³/mol. The molecule has 1 aliphatic heterocycles. The van der Waals surface area contributed by atoms with Crippen molar-refractivity contribution >= 4 is 40.3 Å². The average molecular weight is 491 g/mol. The minimum absolute atomic E-state index is 0.456. The van der Waals surface area contributed by atoms with Crippen LogP contribution in [0.4, 0.5) is 17.2 Å². The molecule has 166 valence electrons. The van der Waals surface area contributed by atoms with Crippen LogP contribution >= 0.6 is 23.1 Å². The van der Waals surface area contributed by atoms with Crippen molar-refractivity contribution in [3.63, 3.8) is 0 Å². The lowest BCUT2D eigenvalue weighted by atomic mass is 9.87. The number of aromatic nitrogens is 11. The van der Waals surface area contributed by atoms with Crippen LogP contribution in [0, 0.1) is 0 Å². The highest BCUT2D eigenvalue weighted by atomic mass is 32.1. The van der Waals surface area contributed by atoms with Crippen LogP contribution in [0.5, 0.6) is 0 Å². The van der Waals surface area contributed by atoms with Gasteiger partial charge in [-0.25, -0.2) is 10.1 Å². The molecule has 6 aromatic rings. The van der Waals surface area contributed by atoms with Gasteiger partial charge < -0.3 is 0 Å². The highest BCUT2D eigenvalue weighted by Crippen LogP contribution is 2.56. The van der Waals surface area contributed by atoms with Gasteiger partial charge in [-0.1, -0.05) is 14.1 Å². The van der Waals surface area contributed by atoms with Crippen LogP contribution in [0.25, 0.3) is 45.0 Å². The van der Waals surface area contributed by atoms with Crippen LogP contribution in [0.3, 0.4) is 0 Å². The van der Waals surface area contributed by atoms with Gasteiger partial charge in [-0.2, -0.15) is 25.6 Å². The number of anilines is 3. The lowest BCUT2D eigenvalue weighted by Gasteiger charge is -2.21. The van der Waals surface area contributed by atoms with Gasteiger partial charge in [0.15, 0.2) is 5.82 Å². The third kappa shape index (κ3) is 2.74. The summed E-state index contributed by atoms with van der Waals surface area (Å²) in [5.74, 6) is 0.575. The predicted octanol–water partition coefficient (Wildman–Crippen LogP) is 2.69. The Bertz CT molecular complexity index is 1550. The molecule has 0 saturated carbocycles. The lowest BCUT2D eigenvalue weighted by Crippen LogP contribution is -2.14. The van der Waals surface area contributed by atoms with E-state index >= 15 is 0 Å². The van der Waals surface area contributed by atoms with Crippen molar-refractivity contribution in [2.75, 3.05) is 10.5 Å². The minimum Gasteiger partial charge on any atom is -0.261 e. The molecule has 7 rings (SSSR count). The fourth-order valence-corrected chi connectivity index (χ4v) is 4.76. The topological polar surface area (TPSA) is 185 Å². The lowest BCUT2D eigenvalue weighted by molar-refractivity contribution is 0.213. The molecule has 3 N–H and O–H groups in total. The van der Waals surface area contributed by atoms with E-state index in [1.54, 1.807) is 23.5 Å². The highest BCUT2D eigenvalue weighted by molar-refractivity contribution is 7.04. The van der Waals surface area contributed by atoms with E-state index in [2.05, 4.69) is 60.6 Å². The van der Waals surface area contributed by atoms with Gasteiger partial charge in [-0.3, -0.25) is 5.10 Å². The molecule has 0 atom stereocenters. The Kier molecular flexibility index (Phi) is 4.16. The first kappa shape index (κ1) is 18.9. The summed E-state index contributed by atoms with van der Waals surface area (Å²) >= 11 is 2.44. The number of hydrogen-bond donors (Lipinski definition) is 3. The Hall–Kier alpha value is -4.61. The van der Waals surface area contributed by atoms with E-state index < -0.39 is 0 Å². The van der Waals surface area contributed by atoms with Gasteiger partial charge in [0.05, 0.1) is 18.6 Å². The Labute approximate surface area is 196 Å². The summed E-state index contributed by atoms with van der Waals surface area (Å²) in [7, 11) is 0. The molecule has 1 aliphatic rings. The number of benzene rings is 1. The van der Waals surface area contributed by atoms with Crippen molar-refractivity contribution < 1.29 is 9.57 Å². The standard InChI is InChI=1S/C17H9N13O2S2/c1-2-18-24-11(1)30-17-15(7-3-19-27-21-7)13(10-6-34-29-23-10)12(9-5-33-28-22-9)14(16(17)26-32-30)8-4-20-31-25-8/h1-6,26H,(H,18,24)(H,19,21,27). The zero-order valence-corrected chi connectivity index (χ0v) is 18.2. The molecule has 0 spiro atoms. The first-order valence-electron chi connectivity index (χ1n) is 9.55. The summed E-state index contributed by atoms with van der Waals surface area (Å²) in [6, 6.07) is 1.77. The fourth-order valence-electron chi connectivity index (χ4n) is 3.87. The molecule has 15 nitrogen and oxygen atoms in total. The van der Waals surface area contributed by atoms with Crippen LogP contribution < -0.4 is 10.5 Å². The number of aromatic amines is 2. The Morgan fingerprint density at radius 1 is 0.853 bits per heavy atom. The summed E-state index contributed by atoms with van der Waals surface area (Å²) < 4.78 is 13.1. The highest BCUT2D eigenvalue weighted by Gasteiger charge is 2.38. The van der Waals surface area contributed by atoms with Gasteiger partial charge in [-0.15, -0.1) is 15.1 Å². The maximum atomic E-state index is 5.90. The Balaban J connectivity index is 1.69. The number of rotatable bonds is 5. The van der Waals surface area contributed by atoms with Gasteiger partial charge in [0.1, 0.15) is 34.2 Å². The zero-order valence-electron chi connectivity index (χ0n) is 16.6. The van der Waals surface area contributed by atoms with Crippen LogP contribution in [0.1, 0.15) is 0 Å². The molecule has 0 radical (unpaired) electrons. The molecule has 0 amide bonds. The molecule has 6 heterocycles. The second kappa shape index (κ2) is 7.47. The van der Waals surface area contributed by atoms with E-state index in [1.165, 1.54) is 29.3 Å². The average Bonchev–Trinajstić information content (AvgIpc) is 3.70. The van der Waals surface area contributed by atoms with Crippen molar-refractivity contribution in [2.24, 2.45) is 0 Å². The largest absolute Gasteiger partial charge is 0.261 e. The summed E-state index contributed by atoms with van der Waals surface area (Å²) in [5.41, 5.74) is 9.06. The molecule has 1 aromatic carbocycles. The van der Waals surface area contributed by atoms with Crippen LogP contribution in [-0.4, -0.2) is 55.1 Å². The summed E-state index contributed by atoms with van der Waals surface area (Å²) in [6.07, 6.45) is 4.75. The maximum Gasteiger partial charge on any atom is 0.156 e. The number of nitrogens with one attached hydrogen (secondary N) is 3. The van der Waals surface area contributed by atoms with Gasteiger partial charge in [-0.05, 0) is 28.2 Å². The van der Waals surface area contributed by atoms with E-state index in [4.69, 9.17) is 9.57 Å². The molecule has 0 fully saturated rings. The molecule has 0 bridgehead atoms. The molecule has 5 aromatic heterocycles. The van der Waals surface area contributed by atoms with Crippen LogP contribution in [-0.2, 0) is 4.94 Å². The molecular formula is C17H9N13O2S2. The quantitative estimate of drug-likeness (QED) is 0.320. The SMILES string of the molecule is c1cc(N2ONc3c(-c4cnon4)c(-c4csnn4)c(-c4csnn4)c(-c4cn[nH]n4)c32)[nH]n1. The normalized spacial score (nSPS) is 12.8. The molecular weight excluding hydrogens is 482 g/mol. The second-order valence-corrected chi connectivity index (χ2v) is 8.10. The monoisotopic (exact) mass is 491 g/mol. The number of hydrogen-bond acceptors (Lipinski definition) is 15. The van der Waals surface area contributed by atoms with Crippen molar-refractivity contribution in [3.05, 3.63) is 35.4 Å². The van der Waals surface area contributed by atoms with E-state index in [0.29, 0.717) is 62.2 Å².